The van der Waals surface area contributed by atoms with E-state index in [1.807, 2.05) is 19.4 Å². The number of pyridine rings is 1. The van der Waals surface area contributed by atoms with Crippen LogP contribution < -0.4 is 10.6 Å². The summed E-state index contributed by atoms with van der Waals surface area (Å²) in [6, 6.07) is 2.56. The molecule has 3 heteroatoms. The fourth-order valence-electron chi connectivity index (χ4n) is 1.71. The SMILES string of the molecule is CNc1cncc(NC(C)CC(C)C)c1. The van der Waals surface area contributed by atoms with E-state index < -0.39 is 0 Å². The highest BCUT2D eigenvalue weighted by Crippen LogP contribution is 2.15. The first-order chi connectivity index (χ1) is 7.11. The molecule has 3 nitrogen and oxygen atoms in total. The second-order valence-corrected chi connectivity index (χ2v) is 4.39. The molecule has 0 saturated heterocycles. The number of rotatable bonds is 5. The zero-order valence-corrected chi connectivity index (χ0v) is 10.0. The molecule has 1 atom stereocenters. The van der Waals surface area contributed by atoms with Crippen LogP contribution in [0.1, 0.15) is 27.2 Å². The van der Waals surface area contributed by atoms with Crippen LogP contribution in [0.15, 0.2) is 18.5 Å². The summed E-state index contributed by atoms with van der Waals surface area (Å²) in [5.74, 6) is 0.716. The molecule has 0 aliphatic carbocycles. The molecule has 2 N–H and O–H groups in total. The van der Waals surface area contributed by atoms with Crippen molar-refractivity contribution in [3.63, 3.8) is 0 Å². The van der Waals surface area contributed by atoms with Crippen LogP contribution in [0.4, 0.5) is 11.4 Å². The van der Waals surface area contributed by atoms with Gasteiger partial charge in [-0.15, -0.1) is 0 Å². The molecule has 1 aromatic heterocycles. The first-order valence-electron chi connectivity index (χ1n) is 5.51. The van der Waals surface area contributed by atoms with Crippen LogP contribution in [-0.2, 0) is 0 Å². The van der Waals surface area contributed by atoms with Gasteiger partial charge in [0, 0.05) is 13.1 Å². The Hall–Kier alpha value is -1.25. The molecule has 1 rings (SSSR count). The minimum atomic E-state index is 0.485. The Morgan fingerprint density at radius 3 is 2.47 bits per heavy atom. The topological polar surface area (TPSA) is 37.0 Å². The normalized spacial score (nSPS) is 12.6. The number of hydrogen-bond acceptors (Lipinski definition) is 3. The highest BCUT2D eigenvalue weighted by Gasteiger charge is 2.05. The maximum atomic E-state index is 4.16. The van der Waals surface area contributed by atoms with E-state index in [-0.39, 0.29) is 0 Å². The second kappa shape index (κ2) is 5.59. The molecule has 0 saturated carbocycles. The van der Waals surface area contributed by atoms with Crippen LogP contribution in [0.5, 0.6) is 0 Å². The second-order valence-electron chi connectivity index (χ2n) is 4.39. The molecule has 0 radical (unpaired) electrons. The van der Waals surface area contributed by atoms with Crippen molar-refractivity contribution in [2.75, 3.05) is 17.7 Å². The molecule has 0 fully saturated rings. The number of aromatic nitrogens is 1. The molecule has 1 heterocycles. The smallest absolute Gasteiger partial charge is 0.0549 e. The average molecular weight is 207 g/mol. The quantitative estimate of drug-likeness (QED) is 0.779. The van der Waals surface area contributed by atoms with Crippen molar-refractivity contribution in [1.82, 2.24) is 4.98 Å². The van der Waals surface area contributed by atoms with Crippen LogP contribution in [0.3, 0.4) is 0 Å². The van der Waals surface area contributed by atoms with Crippen molar-refractivity contribution in [1.29, 1.82) is 0 Å². The molecular formula is C12H21N3. The average Bonchev–Trinajstić information content (AvgIpc) is 2.16. The van der Waals surface area contributed by atoms with Gasteiger partial charge in [0.05, 0.1) is 23.8 Å². The lowest BCUT2D eigenvalue weighted by Gasteiger charge is -2.17. The Morgan fingerprint density at radius 2 is 1.87 bits per heavy atom. The molecule has 0 aliphatic heterocycles. The molecule has 0 amide bonds. The number of hydrogen-bond donors (Lipinski definition) is 2. The summed E-state index contributed by atoms with van der Waals surface area (Å²) in [4.78, 5) is 4.16. The first kappa shape index (κ1) is 11.8. The van der Waals surface area contributed by atoms with E-state index in [0.717, 1.165) is 11.4 Å². The molecule has 1 aromatic rings. The van der Waals surface area contributed by atoms with E-state index in [2.05, 4.69) is 42.5 Å². The van der Waals surface area contributed by atoms with Gasteiger partial charge in [-0.2, -0.15) is 0 Å². The first-order valence-corrected chi connectivity index (χ1v) is 5.51. The van der Waals surface area contributed by atoms with E-state index >= 15 is 0 Å². The highest BCUT2D eigenvalue weighted by atomic mass is 14.9. The number of anilines is 2. The van der Waals surface area contributed by atoms with Crippen molar-refractivity contribution < 1.29 is 0 Å². The summed E-state index contributed by atoms with van der Waals surface area (Å²) in [7, 11) is 1.90. The minimum absolute atomic E-state index is 0.485. The predicted octanol–water partition coefficient (Wildman–Crippen LogP) is 2.97. The van der Waals surface area contributed by atoms with Crippen LogP contribution in [0.2, 0.25) is 0 Å². The third kappa shape index (κ3) is 4.19. The fourth-order valence-corrected chi connectivity index (χ4v) is 1.71. The predicted molar refractivity (Wildman–Crippen MR) is 66.3 cm³/mol. The van der Waals surface area contributed by atoms with Gasteiger partial charge >= 0.3 is 0 Å². The van der Waals surface area contributed by atoms with Crippen LogP contribution in [-0.4, -0.2) is 18.1 Å². The standard InChI is InChI=1S/C12H21N3/c1-9(2)5-10(3)15-12-6-11(13-4)7-14-8-12/h6-10,13,15H,5H2,1-4H3. The minimum Gasteiger partial charge on any atom is -0.387 e. The Kier molecular flexibility index (Phi) is 4.40. The van der Waals surface area contributed by atoms with E-state index in [0.29, 0.717) is 12.0 Å². The lowest BCUT2D eigenvalue weighted by atomic mass is 10.1. The summed E-state index contributed by atoms with van der Waals surface area (Å²) in [5, 5.41) is 6.52. The zero-order chi connectivity index (χ0) is 11.3. The Labute approximate surface area is 92.3 Å². The van der Waals surface area contributed by atoms with E-state index in [1.165, 1.54) is 6.42 Å². The van der Waals surface area contributed by atoms with Crippen molar-refractivity contribution in [3.8, 4) is 0 Å². The van der Waals surface area contributed by atoms with Crippen molar-refractivity contribution in [2.24, 2.45) is 5.92 Å². The Morgan fingerprint density at radius 1 is 1.20 bits per heavy atom. The molecule has 1 unspecified atom stereocenters. The third-order valence-corrected chi connectivity index (χ3v) is 2.26. The van der Waals surface area contributed by atoms with Gasteiger partial charge in [0.2, 0.25) is 0 Å². The summed E-state index contributed by atoms with van der Waals surface area (Å²) in [6.07, 6.45) is 4.85. The Balaban J connectivity index is 2.55. The van der Waals surface area contributed by atoms with Crippen molar-refractivity contribution in [2.45, 2.75) is 33.2 Å². The summed E-state index contributed by atoms with van der Waals surface area (Å²) in [6.45, 7) is 6.67. The Bertz CT molecular complexity index is 297. The van der Waals surface area contributed by atoms with Crippen LogP contribution in [0, 0.1) is 5.92 Å². The number of nitrogens with one attached hydrogen (secondary N) is 2. The van der Waals surface area contributed by atoms with Crippen LogP contribution in [0.25, 0.3) is 0 Å². The summed E-state index contributed by atoms with van der Waals surface area (Å²) < 4.78 is 0. The zero-order valence-electron chi connectivity index (χ0n) is 10.0. The molecule has 84 valence electrons. The van der Waals surface area contributed by atoms with Crippen molar-refractivity contribution >= 4 is 11.4 Å². The van der Waals surface area contributed by atoms with Crippen molar-refractivity contribution in [3.05, 3.63) is 18.5 Å². The van der Waals surface area contributed by atoms with Crippen LogP contribution >= 0.6 is 0 Å². The van der Waals surface area contributed by atoms with Gasteiger partial charge in [0.1, 0.15) is 0 Å². The molecular weight excluding hydrogens is 186 g/mol. The van der Waals surface area contributed by atoms with Gasteiger partial charge < -0.3 is 10.6 Å². The highest BCUT2D eigenvalue weighted by molar-refractivity contribution is 5.53. The summed E-state index contributed by atoms with van der Waals surface area (Å²) >= 11 is 0. The molecule has 0 aromatic carbocycles. The molecule has 0 spiro atoms. The van der Waals surface area contributed by atoms with Gasteiger partial charge in [-0.25, -0.2) is 0 Å². The maximum Gasteiger partial charge on any atom is 0.0549 e. The fraction of sp³-hybridized carbons (Fsp3) is 0.583. The van der Waals surface area contributed by atoms with Gasteiger partial charge in [-0.05, 0) is 25.3 Å². The largest absolute Gasteiger partial charge is 0.387 e. The van der Waals surface area contributed by atoms with Gasteiger partial charge in [-0.1, -0.05) is 13.8 Å². The molecule has 0 aliphatic rings. The lowest BCUT2D eigenvalue weighted by molar-refractivity contribution is 0.539. The number of nitrogens with zero attached hydrogens (tertiary/aromatic N) is 1. The maximum absolute atomic E-state index is 4.16. The lowest BCUT2D eigenvalue weighted by Crippen LogP contribution is -2.17. The third-order valence-electron chi connectivity index (χ3n) is 2.26. The van der Waals surface area contributed by atoms with E-state index in [1.54, 1.807) is 0 Å². The van der Waals surface area contributed by atoms with E-state index in [9.17, 15) is 0 Å². The van der Waals surface area contributed by atoms with Gasteiger partial charge in [0.15, 0.2) is 0 Å². The molecule has 15 heavy (non-hydrogen) atoms. The molecule has 0 bridgehead atoms. The van der Waals surface area contributed by atoms with E-state index in [4.69, 9.17) is 0 Å². The summed E-state index contributed by atoms with van der Waals surface area (Å²) in [5.41, 5.74) is 2.12. The monoisotopic (exact) mass is 207 g/mol. The van der Waals surface area contributed by atoms with Gasteiger partial charge in [-0.3, -0.25) is 4.98 Å². The van der Waals surface area contributed by atoms with Gasteiger partial charge in [0.25, 0.3) is 0 Å².